The molecule has 0 spiro atoms. The Labute approximate surface area is 711 Å². The van der Waals surface area contributed by atoms with Crippen molar-refractivity contribution in [3.8, 4) is 0 Å². The van der Waals surface area contributed by atoms with E-state index in [1.54, 1.807) is 0 Å². The smallest absolute Gasteiger partial charge is 0.463 e. The van der Waals surface area contributed by atoms with E-state index in [0.29, 0.717) is 32.1 Å². The van der Waals surface area contributed by atoms with Gasteiger partial charge in [0.15, 0.2) is 24.8 Å². The topological polar surface area (TPSA) is 380 Å². The van der Waals surface area contributed by atoms with Crippen molar-refractivity contribution in [3.63, 3.8) is 0 Å². The fourth-order valence-electron chi connectivity index (χ4n) is 15.6. The number of hydrogen-bond acceptors (Lipinski definition) is 24. The Morgan fingerprint density at radius 3 is 1.02 bits per heavy atom. The molecular formula is C92H169O25P. The van der Waals surface area contributed by atoms with Crippen LogP contribution in [0.25, 0.3) is 0 Å². The molecule has 0 bridgehead atoms. The van der Waals surface area contributed by atoms with Crippen LogP contribution in [0.1, 0.15) is 407 Å². The first-order valence-electron chi connectivity index (χ1n) is 47.6. The van der Waals surface area contributed by atoms with E-state index in [9.17, 15) is 74.6 Å². The van der Waals surface area contributed by atoms with Crippen molar-refractivity contribution in [2.24, 2.45) is 0 Å². The molecule has 0 aromatic heterocycles. The molecule has 0 amide bonds. The van der Waals surface area contributed by atoms with Crippen LogP contribution < -0.4 is 0 Å². The molecule has 1 saturated carbocycles. The molecule has 3 fully saturated rings. The molecule has 2 aliphatic heterocycles. The zero-order valence-corrected chi connectivity index (χ0v) is 74.6. The summed E-state index contributed by atoms with van der Waals surface area (Å²) in [6.45, 7) is 5.59. The average Bonchev–Trinajstić information content (AvgIpc) is 0.753. The number of phosphoric acid groups is 1. The lowest BCUT2D eigenvalue weighted by Crippen LogP contribution is -2.70. The van der Waals surface area contributed by atoms with Crippen LogP contribution in [0.15, 0.2) is 24.3 Å². The Hall–Kier alpha value is -3.05. The molecule has 3 aliphatic rings. The van der Waals surface area contributed by atoms with Crippen LogP contribution in [-0.2, 0) is 70.7 Å². The fraction of sp³-hybridized carbons (Fsp3) is 0.913. The van der Waals surface area contributed by atoms with Crippen LogP contribution in [0.5, 0.6) is 0 Å². The van der Waals surface area contributed by atoms with Gasteiger partial charge in [-0.25, -0.2) is 4.57 Å². The van der Waals surface area contributed by atoms with Gasteiger partial charge in [0, 0.05) is 25.7 Å². The van der Waals surface area contributed by atoms with Crippen molar-refractivity contribution in [1.29, 1.82) is 0 Å². The van der Waals surface area contributed by atoms with Crippen molar-refractivity contribution in [2.45, 2.75) is 511 Å². The molecular weight excluding hydrogens is 1540 g/mol. The van der Waals surface area contributed by atoms with Gasteiger partial charge in [-0.15, -0.1) is 0 Å². The molecule has 18 atom stereocenters. The molecule has 26 heteroatoms. The highest BCUT2D eigenvalue weighted by atomic mass is 31.2. The number of carbonyl (C=O) groups is 4. The highest BCUT2D eigenvalue weighted by Gasteiger charge is 2.60. The van der Waals surface area contributed by atoms with Gasteiger partial charge in [-0.3, -0.25) is 28.2 Å². The number of phosphoric ester groups is 1. The van der Waals surface area contributed by atoms with E-state index < -0.39 is 162 Å². The first-order chi connectivity index (χ1) is 57.2. The third kappa shape index (κ3) is 50.8. The minimum Gasteiger partial charge on any atom is -0.463 e. The van der Waals surface area contributed by atoms with Crippen LogP contribution in [0, 0.1) is 0 Å². The predicted octanol–water partition coefficient (Wildman–Crippen LogP) is 17.7. The van der Waals surface area contributed by atoms with Crippen molar-refractivity contribution >= 4 is 31.7 Å². The molecule has 0 aromatic rings. The Morgan fingerprint density at radius 1 is 0.331 bits per heavy atom. The van der Waals surface area contributed by atoms with Crippen LogP contribution in [0.4, 0.5) is 0 Å². The lowest BCUT2D eigenvalue weighted by molar-refractivity contribution is -0.360. The zero-order chi connectivity index (χ0) is 86.1. The van der Waals surface area contributed by atoms with E-state index >= 15 is 0 Å². The molecule has 1 aliphatic carbocycles. The number of hydrogen-bond donors (Lipinski definition) is 10. The fourth-order valence-corrected chi connectivity index (χ4v) is 16.6. The summed E-state index contributed by atoms with van der Waals surface area (Å²) in [6.07, 6.45) is 31.5. The van der Waals surface area contributed by atoms with Crippen molar-refractivity contribution < 1.29 is 122 Å². The minimum absolute atomic E-state index is 0.00999. The van der Waals surface area contributed by atoms with Gasteiger partial charge in [0.25, 0.3) is 0 Å². The predicted molar refractivity (Wildman–Crippen MR) is 458 cm³/mol. The van der Waals surface area contributed by atoms with E-state index in [1.807, 2.05) is 0 Å². The molecule has 18 unspecified atom stereocenters. The summed E-state index contributed by atoms with van der Waals surface area (Å²) < 4.78 is 73.5. The number of ether oxygens (including phenoxy) is 8. The lowest BCUT2D eigenvalue weighted by Gasteiger charge is -2.50. The molecule has 2 saturated heterocycles. The normalized spacial score (nSPS) is 25.0. The second kappa shape index (κ2) is 71.1. The third-order valence-corrected chi connectivity index (χ3v) is 24.2. The van der Waals surface area contributed by atoms with Gasteiger partial charge in [-0.1, -0.05) is 328 Å². The summed E-state index contributed by atoms with van der Waals surface area (Å²) >= 11 is 0. The Morgan fingerprint density at radius 2 is 0.636 bits per heavy atom. The molecule has 3 rings (SSSR count). The highest BCUT2D eigenvalue weighted by molar-refractivity contribution is 7.47. The number of aliphatic hydroxyl groups is 9. The second-order valence-electron chi connectivity index (χ2n) is 33.9. The summed E-state index contributed by atoms with van der Waals surface area (Å²) in [6, 6.07) is 0. The number of esters is 4. The maximum atomic E-state index is 14.9. The summed E-state index contributed by atoms with van der Waals surface area (Å²) in [4.78, 5) is 66.5. The third-order valence-electron chi connectivity index (χ3n) is 23.2. The van der Waals surface area contributed by atoms with Crippen molar-refractivity contribution in [1.82, 2.24) is 0 Å². The summed E-state index contributed by atoms with van der Waals surface area (Å²) in [5, 5.41) is 102. The molecule has 0 aromatic carbocycles. The van der Waals surface area contributed by atoms with E-state index in [-0.39, 0.29) is 25.7 Å². The average molecular weight is 1710 g/mol. The molecule has 0 radical (unpaired) electrons. The molecule has 2 heterocycles. The lowest BCUT2D eigenvalue weighted by atomic mass is 9.84. The van der Waals surface area contributed by atoms with Crippen LogP contribution >= 0.6 is 7.82 Å². The number of aliphatic hydroxyl groups excluding tert-OH is 9. The van der Waals surface area contributed by atoms with Gasteiger partial charge in [0.1, 0.15) is 92.6 Å². The summed E-state index contributed by atoms with van der Waals surface area (Å²) in [7, 11) is -5.81. The highest BCUT2D eigenvalue weighted by Crippen LogP contribution is 2.49. The van der Waals surface area contributed by atoms with Crippen LogP contribution in [0.3, 0.4) is 0 Å². The summed E-state index contributed by atoms with van der Waals surface area (Å²) in [5.74, 6) is -2.96. The number of allylic oxidation sites excluding steroid dienone is 4. The first kappa shape index (κ1) is 109. The number of rotatable bonds is 77. The monoisotopic (exact) mass is 1710 g/mol. The van der Waals surface area contributed by atoms with Crippen molar-refractivity contribution in [2.75, 3.05) is 26.4 Å². The molecule has 25 nitrogen and oxygen atoms in total. The molecule has 118 heavy (non-hydrogen) atoms. The van der Waals surface area contributed by atoms with Crippen LogP contribution in [-0.4, -0.2) is 205 Å². The molecule has 10 N–H and O–H groups in total. The van der Waals surface area contributed by atoms with Gasteiger partial charge < -0.3 is 88.7 Å². The van der Waals surface area contributed by atoms with Gasteiger partial charge in [0.2, 0.25) is 0 Å². The van der Waals surface area contributed by atoms with Crippen LogP contribution in [0.2, 0.25) is 0 Å². The van der Waals surface area contributed by atoms with E-state index in [0.717, 1.165) is 167 Å². The Bertz CT molecular complexity index is 2550. The number of unbranched alkanes of at least 4 members (excludes halogenated alkanes) is 49. The maximum absolute atomic E-state index is 14.9. The van der Waals surface area contributed by atoms with Gasteiger partial charge in [0.05, 0.1) is 13.2 Å². The maximum Gasteiger partial charge on any atom is 0.472 e. The van der Waals surface area contributed by atoms with Gasteiger partial charge >= 0.3 is 31.7 Å². The van der Waals surface area contributed by atoms with Gasteiger partial charge in [-0.05, 0) is 77.0 Å². The standard InChI is InChI=1S/C92H169O25P/c1-5-9-13-17-21-25-29-33-36-39-43-47-51-55-59-63-67-78(97)114-87-83(102)84(103)88(115-91-85(104)81(100)79(98)73(68-93)112-91)90(89(87)116-92-86(105)82(101)80(99)74(113-92)71-109-76(95)65-61-57-53-49-45-42-38-35-31-27-23-19-15-11-7-3)117-118(106,107)110-70-72(111-77(96)66-62-58-54-50-46-40-32-28-24-20-16-12-8-4)69-108-75(94)64-60-56-52-48-44-41-37-34-30-26-22-18-14-10-6-2/h26-27,30-31,72-74,79-93,98-105H,5-25,28-29,32-71H2,1-4H3,(H,106,107)/b30-26-,31-27-. The Kier molecular flexibility index (Phi) is 65.8. The first-order valence-corrected chi connectivity index (χ1v) is 49.1. The quantitative estimate of drug-likeness (QED) is 0.00889. The largest absolute Gasteiger partial charge is 0.472 e. The SMILES string of the molecule is CCCCCC/C=C\CCCCCCCCCC(=O)OCC(COP(=O)(O)OC1C(OC2OC(CO)C(O)C(O)C2O)C(O)C(O)C(OC(=O)CCCCCCCCCCCCCCCCCC)C1OC1OC(COC(=O)CCCCCCCCC/C=C\CCCCCC)C(O)C(O)C1O)OC(=O)CCCCCCCCCCCCCCC. The van der Waals surface area contributed by atoms with E-state index in [2.05, 4.69) is 52.0 Å². The Balaban J connectivity index is 1.91. The van der Waals surface area contributed by atoms with E-state index in [4.69, 9.17) is 46.9 Å². The molecule has 692 valence electrons. The second-order valence-corrected chi connectivity index (χ2v) is 35.3. The summed E-state index contributed by atoms with van der Waals surface area (Å²) in [5.41, 5.74) is 0. The minimum atomic E-state index is -5.81. The zero-order valence-electron chi connectivity index (χ0n) is 73.7. The van der Waals surface area contributed by atoms with Gasteiger partial charge in [-0.2, -0.15) is 0 Å². The number of carbonyl (C=O) groups excluding carboxylic acids is 4. The van der Waals surface area contributed by atoms with Crippen molar-refractivity contribution in [3.05, 3.63) is 24.3 Å². The van der Waals surface area contributed by atoms with E-state index in [1.165, 1.54) is 154 Å².